The number of urea groups is 1. The first-order valence-electron chi connectivity index (χ1n) is 5.72. The van der Waals surface area contributed by atoms with Gasteiger partial charge >= 0.3 is 6.03 Å². The van der Waals surface area contributed by atoms with E-state index in [1.54, 1.807) is 19.1 Å². The van der Waals surface area contributed by atoms with E-state index >= 15 is 0 Å². The van der Waals surface area contributed by atoms with E-state index in [4.69, 9.17) is 14.6 Å². The van der Waals surface area contributed by atoms with Crippen LogP contribution in [0.15, 0.2) is 12.2 Å². The molecule has 0 radical (unpaired) electrons. The van der Waals surface area contributed by atoms with E-state index in [1.165, 1.54) is 12.0 Å². The molecule has 2 heterocycles. The molecule has 2 N–H and O–H groups in total. The van der Waals surface area contributed by atoms with Crippen molar-refractivity contribution in [3.63, 3.8) is 0 Å². The molecule has 0 aromatic carbocycles. The van der Waals surface area contributed by atoms with Crippen molar-refractivity contribution >= 4 is 34.5 Å². The number of rotatable bonds is 3. The summed E-state index contributed by atoms with van der Waals surface area (Å²) in [5, 5.41) is 11.3. The number of hydrogen-bond acceptors (Lipinski definition) is 5. The first kappa shape index (κ1) is 14.7. The maximum Gasteiger partial charge on any atom is 0.328 e. The molecule has 4 atom stereocenters. The van der Waals surface area contributed by atoms with Crippen molar-refractivity contribution in [3.8, 4) is 0 Å². The Morgan fingerprint density at radius 1 is 1.58 bits per heavy atom. The minimum atomic E-state index is -0.922. The molecule has 0 aromatic heterocycles. The lowest BCUT2D eigenvalue weighted by atomic mass is 10.1. The summed E-state index contributed by atoms with van der Waals surface area (Å²) >= 11 is 1.95. The Labute approximate surface area is 124 Å². The number of alkyl halides is 1. The van der Waals surface area contributed by atoms with Crippen LogP contribution in [0.25, 0.3) is 0 Å². The summed E-state index contributed by atoms with van der Waals surface area (Å²) in [6.45, 7) is 1.51. The molecular formula is C11H15IN2O5. The van der Waals surface area contributed by atoms with Crippen LogP contribution in [-0.4, -0.2) is 57.6 Å². The van der Waals surface area contributed by atoms with Gasteiger partial charge in [0.05, 0.1) is 6.61 Å². The van der Waals surface area contributed by atoms with Gasteiger partial charge in [0, 0.05) is 7.11 Å². The van der Waals surface area contributed by atoms with Gasteiger partial charge in [-0.15, -0.1) is 0 Å². The number of aliphatic hydroxyl groups excluding tert-OH is 1. The smallest absolute Gasteiger partial charge is 0.328 e. The van der Waals surface area contributed by atoms with Crippen LogP contribution in [0, 0.1) is 0 Å². The normalized spacial score (nSPS) is 38.7. The van der Waals surface area contributed by atoms with Gasteiger partial charge in [0.2, 0.25) is 5.91 Å². The highest BCUT2D eigenvalue weighted by Crippen LogP contribution is 2.33. The zero-order chi connectivity index (χ0) is 14.2. The van der Waals surface area contributed by atoms with Gasteiger partial charge in [0.25, 0.3) is 0 Å². The fourth-order valence-corrected chi connectivity index (χ4v) is 2.79. The van der Waals surface area contributed by atoms with E-state index in [2.05, 4.69) is 5.32 Å². The maximum absolute atomic E-state index is 12.0. The first-order chi connectivity index (χ1) is 8.91. The van der Waals surface area contributed by atoms with Crippen molar-refractivity contribution in [2.75, 3.05) is 13.7 Å². The SMILES string of the molecule is COC1N(C2C=CC(CO)O2)C(=O)NC(=O)C1(C)I. The van der Waals surface area contributed by atoms with Gasteiger partial charge in [-0.05, 0) is 13.0 Å². The largest absolute Gasteiger partial charge is 0.393 e. The molecule has 1 saturated heterocycles. The monoisotopic (exact) mass is 382 g/mol. The third-order valence-electron chi connectivity index (χ3n) is 3.10. The van der Waals surface area contributed by atoms with E-state index in [0.29, 0.717) is 0 Å². The molecule has 0 aliphatic carbocycles. The molecule has 7 nitrogen and oxygen atoms in total. The quantitative estimate of drug-likeness (QED) is 0.407. The second kappa shape index (κ2) is 5.35. The van der Waals surface area contributed by atoms with Crippen LogP contribution in [0.1, 0.15) is 6.92 Å². The van der Waals surface area contributed by atoms with Crippen molar-refractivity contribution < 1.29 is 24.2 Å². The number of carbonyl (C=O) groups is 2. The summed E-state index contributed by atoms with van der Waals surface area (Å²) in [7, 11) is 1.43. The van der Waals surface area contributed by atoms with Gasteiger partial charge in [0.1, 0.15) is 9.53 Å². The second-order valence-corrected chi connectivity index (χ2v) is 6.70. The number of nitrogens with one attached hydrogen (secondary N) is 1. The number of carbonyl (C=O) groups excluding carboxylic acids is 2. The topological polar surface area (TPSA) is 88.1 Å². The van der Waals surface area contributed by atoms with Crippen molar-refractivity contribution in [2.45, 2.75) is 28.9 Å². The molecule has 3 amide bonds. The van der Waals surface area contributed by atoms with Crippen molar-refractivity contribution in [2.24, 2.45) is 0 Å². The molecule has 2 aliphatic rings. The number of halogens is 1. The Morgan fingerprint density at radius 3 is 2.79 bits per heavy atom. The van der Waals surface area contributed by atoms with Crippen LogP contribution in [0.4, 0.5) is 4.79 Å². The minimum Gasteiger partial charge on any atom is -0.393 e. The summed E-state index contributed by atoms with van der Waals surface area (Å²) in [6.07, 6.45) is 1.47. The lowest BCUT2D eigenvalue weighted by molar-refractivity contribution is -0.147. The molecule has 2 aliphatic heterocycles. The van der Waals surface area contributed by atoms with Gasteiger partial charge < -0.3 is 14.6 Å². The van der Waals surface area contributed by atoms with Crippen molar-refractivity contribution in [3.05, 3.63) is 12.2 Å². The third kappa shape index (κ3) is 2.49. The van der Waals surface area contributed by atoms with E-state index in [1.807, 2.05) is 22.6 Å². The van der Waals surface area contributed by atoms with Gasteiger partial charge in [0.15, 0.2) is 12.5 Å². The summed E-state index contributed by atoms with van der Waals surface area (Å²) < 4.78 is 9.87. The number of ether oxygens (including phenoxy) is 2. The molecule has 106 valence electrons. The Kier molecular flexibility index (Phi) is 4.14. The maximum atomic E-state index is 12.0. The molecule has 0 bridgehead atoms. The highest BCUT2D eigenvalue weighted by Gasteiger charge is 2.52. The lowest BCUT2D eigenvalue weighted by Crippen LogP contribution is -2.69. The van der Waals surface area contributed by atoms with E-state index in [-0.39, 0.29) is 6.61 Å². The number of hydrogen-bond donors (Lipinski definition) is 2. The van der Waals surface area contributed by atoms with Crippen molar-refractivity contribution in [1.29, 1.82) is 0 Å². The van der Waals surface area contributed by atoms with Crippen LogP contribution >= 0.6 is 22.6 Å². The van der Waals surface area contributed by atoms with Crippen LogP contribution in [0.5, 0.6) is 0 Å². The molecule has 0 spiro atoms. The van der Waals surface area contributed by atoms with E-state index in [0.717, 1.165) is 0 Å². The van der Waals surface area contributed by atoms with Gasteiger partial charge in [-0.2, -0.15) is 0 Å². The fraction of sp³-hybridized carbons (Fsp3) is 0.636. The van der Waals surface area contributed by atoms with Gasteiger partial charge in [-0.25, -0.2) is 4.79 Å². The van der Waals surface area contributed by atoms with Gasteiger partial charge in [-0.3, -0.25) is 15.0 Å². The van der Waals surface area contributed by atoms with Crippen LogP contribution in [0.2, 0.25) is 0 Å². The summed E-state index contributed by atoms with van der Waals surface area (Å²) in [5.74, 6) is -0.401. The summed E-state index contributed by atoms with van der Waals surface area (Å²) in [4.78, 5) is 25.1. The highest BCUT2D eigenvalue weighted by molar-refractivity contribution is 14.1. The predicted octanol–water partition coefficient (Wildman–Crippen LogP) is -0.0222. The summed E-state index contributed by atoms with van der Waals surface area (Å²) in [6, 6.07) is -0.570. The van der Waals surface area contributed by atoms with Crippen molar-refractivity contribution in [1.82, 2.24) is 10.2 Å². The number of imide groups is 1. The Morgan fingerprint density at radius 2 is 2.26 bits per heavy atom. The Hall–Kier alpha value is -0.710. The molecule has 0 aromatic rings. The number of amides is 3. The lowest BCUT2D eigenvalue weighted by Gasteiger charge is -2.44. The zero-order valence-electron chi connectivity index (χ0n) is 10.5. The van der Waals surface area contributed by atoms with E-state index in [9.17, 15) is 9.59 Å². The first-order valence-corrected chi connectivity index (χ1v) is 6.79. The Bertz CT molecular complexity index is 425. The van der Waals surface area contributed by atoms with Crippen LogP contribution < -0.4 is 5.32 Å². The molecule has 4 unspecified atom stereocenters. The minimum absolute atomic E-state index is 0.166. The molecule has 19 heavy (non-hydrogen) atoms. The zero-order valence-corrected chi connectivity index (χ0v) is 12.7. The number of nitrogens with zero attached hydrogens (tertiary/aromatic N) is 1. The highest BCUT2D eigenvalue weighted by atomic mass is 127. The standard InChI is InChI=1S/C11H15IN2O5/c1-11(12)8(16)13-10(17)14(9(11)18-2)7-4-3-6(5-15)19-7/h3-4,6-7,9,15H,5H2,1-2H3,(H,13,16,17). The van der Waals surface area contributed by atoms with Crippen LogP contribution in [0.3, 0.4) is 0 Å². The Balaban J connectivity index is 2.25. The van der Waals surface area contributed by atoms with Gasteiger partial charge in [-0.1, -0.05) is 28.7 Å². The predicted molar refractivity (Wildman–Crippen MR) is 73.5 cm³/mol. The molecule has 8 heteroatoms. The fourth-order valence-electron chi connectivity index (χ4n) is 2.10. The third-order valence-corrected chi connectivity index (χ3v) is 4.12. The second-order valence-electron chi connectivity index (χ2n) is 4.46. The average molecular weight is 382 g/mol. The number of methoxy groups -OCH3 is 1. The van der Waals surface area contributed by atoms with E-state index < -0.39 is 33.9 Å². The number of aliphatic hydroxyl groups is 1. The molecule has 1 fully saturated rings. The summed E-state index contributed by atoms with van der Waals surface area (Å²) in [5.41, 5.74) is 0. The molecule has 2 rings (SSSR count). The van der Waals surface area contributed by atoms with Crippen LogP contribution in [-0.2, 0) is 14.3 Å². The average Bonchev–Trinajstić information content (AvgIpc) is 2.81. The molecule has 0 saturated carbocycles. The molecular weight excluding hydrogens is 367 g/mol.